The fourth-order valence-corrected chi connectivity index (χ4v) is 2.33. The van der Waals surface area contributed by atoms with Crippen molar-refractivity contribution in [2.45, 2.75) is 51.0 Å². The highest BCUT2D eigenvalue weighted by atomic mass is 15.0. The molecule has 2 aliphatic rings. The van der Waals surface area contributed by atoms with E-state index in [1.165, 1.54) is 45.1 Å². The predicted molar refractivity (Wildman–Crippen MR) is 47.6 cm³/mol. The van der Waals surface area contributed by atoms with Gasteiger partial charge in [0.05, 0.1) is 0 Å². The van der Waals surface area contributed by atoms with Gasteiger partial charge in [0, 0.05) is 5.54 Å². The Morgan fingerprint density at radius 2 is 2.00 bits per heavy atom. The van der Waals surface area contributed by atoms with E-state index in [0.29, 0.717) is 5.54 Å². The van der Waals surface area contributed by atoms with Crippen LogP contribution in [-0.4, -0.2) is 12.1 Å². The van der Waals surface area contributed by atoms with Crippen molar-refractivity contribution in [3.05, 3.63) is 0 Å². The Bertz CT molecular complexity index is 130. The van der Waals surface area contributed by atoms with E-state index in [1.807, 2.05) is 0 Å². The van der Waals surface area contributed by atoms with Gasteiger partial charge in [-0.05, 0) is 45.1 Å². The van der Waals surface area contributed by atoms with Crippen LogP contribution in [0.15, 0.2) is 0 Å². The second-order valence-corrected chi connectivity index (χ2v) is 4.43. The molecule has 1 nitrogen and oxygen atoms in total. The summed E-state index contributed by atoms with van der Waals surface area (Å²) in [6.45, 7) is 3.68. The third-order valence-corrected chi connectivity index (χ3v) is 3.38. The van der Waals surface area contributed by atoms with Gasteiger partial charge in [-0.2, -0.15) is 0 Å². The van der Waals surface area contributed by atoms with Crippen LogP contribution >= 0.6 is 0 Å². The SMILES string of the molecule is CC1(C2CC2)CCCCCN1. The van der Waals surface area contributed by atoms with Gasteiger partial charge < -0.3 is 5.32 Å². The van der Waals surface area contributed by atoms with Crippen LogP contribution in [0.5, 0.6) is 0 Å². The highest BCUT2D eigenvalue weighted by Crippen LogP contribution is 2.42. The van der Waals surface area contributed by atoms with Gasteiger partial charge >= 0.3 is 0 Å². The van der Waals surface area contributed by atoms with E-state index in [9.17, 15) is 0 Å². The van der Waals surface area contributed by atoms with Crippen molar-refractivity contribution in [3.63, 3.8) is 0 Å². The van der Waals surface area contributed by atoms with E-state index in [0.717, 1.165) is 5.92 Å². The van der Waals surface area contributed by atoms with Crippen LogP contribution in [0.25, 0.3) is 0 Å². The minimum atomic E-state index is 0.524. The lowest BCUT2D eigenvalue weighted by Gasteiger charge is -2.29. The molecule has 0 amide bonds. The molecule has 2 rings (SSSR count). The zero-order chi connectivity index (χ0) is 7.73. The van der Waals surface area contributed by atoms with Gasteiger partial charge in [0.1, 0.15) is 0 Å². The molecule has 1 unspecified atom stereocenters. The molecule has 11 heavy (non-hydrogen) atoms. The Balaban J connectivity index is 1.96. The van der Waals surface area contributed by atoms with Gasteiger partial charge in [-0.15, -0.1) is 0 Å². The monoisotopic (exact) mass is 153 g/mol. The van der Waals surface area contributed by atoms with Gasteiger partial charge in [0.15, 0.2) is 0 Å². The van der Waals surface area contributed by atoms with Crippen molar-refractivity contribution in [3.8, 4) is 0 Å². The number of hydrogen-bond acceptors (Lipinski definition) is 1. The average Bonchev–Trinajstić information content (AvgIpc) is 2.70. The van der Waals surface area contributed by atoms with Crippen molar-refractivity contribution >= 4 is 0 Å². The topological polar surface area (TPSA) is 12.0 Å². The molecular weight excluding hydrogens is 134 g/mol. The largest absolute Gasteiger partial charge is 0.311 e. The van der Waals surface area contributed by atoms with E-state index in [2.05, 4.69) is 12.2 Å². The standard InChI is InChI=1S/C10H19N/c1-10(9-5-6-9)7-3-2-4-8-11-10/h9,11H,2-8H2,1H3. The molecule has 1 saturated carbocycles. The van der Waals surface area contributed by atoms with Gasteiger partial charge in [0.2, 0.25) is 0 Å². The lowest BCUT2D eigenvalue weighted by atomic mass is 9.91. The molecule has 0 aromatic rings. The summed E-state index contributed by atoms with van der Waals surface area (Å²) in [7, 11) is 0. The molecule has 0 bridgehead atoms. The molecule has 1 aliphatic carbocycles. The number of nitrogens with one attached hydrogen (secondary N) is 1. The fourth-order valence-electron chi connectivity index (χ4n) is 2.33. The molecule has 1 atom stereocenters. The van der Waals surface area contributed by atoms with Crippen LogP contribution in [0.4, 0.5) is 0 Å². The van der Waals surface area contributed by atoms with Crippen LogP contribution in [0.3, 0.4) is 0 Å². The zero-order valence-corrected chi connectivity index (χ0v) is 7.53. The molecule has 1 heterocycles. The molecule has 2 fully saturated rings. The van der Waals surface area contributed by atoms with E-state index >= 15 is 0 Å². The van der Waals surface area contributed by atoms with Gasteiger partial charge in [-0.3, -0.25) is 0 Å². The van der Waals surface area contributed by atoms with Crippen LogP contribution in [-0.2, 0) is 0 Å². The Morgan fingerprint density at radius 1 is 1.18 bits per heavy atom. The first-order valence-electron chi connectivity index (χ1n) is 5.06. The summed E-state index contributed by atoms with van der Waals surface area (Å²) in [4.78, 5) is 0. The number of hydrogen-bond donors (Lipinski definition) is 1. The lowest BCUT2D eigenvalue weighted by molar-refractivity contribution is 0.303. The third-order valence-electron chi connectivity index (χ3n) is 3.38. The summed E-state index contributed by atoms with van der Waals surface area (Å²) in [6, 6.07) is 0. The number of rotatable bonds is 1. The normalized spacial score (nSPS) is 40.1. The quantitative estimate of drug-likeness (QED) is 0.609. The smallest absolute Gasteiger partial charge is 0.0181 e. The van der Waals surface area contributed by atoms with Crippen LogP contribution in [0.2, 0.25) is 0 Å². The van der Waals surface area contributed by atoms with Crippen molar-refractivity contribution < 1.29 is 0 Å². The molecule has 1 heteroatoms. The van der Waals surface area contributed by atoms with Gasteiger partial charge in [-0.25, -0.2) is 0 Å². The Kier molecular flexibility index (Phi) is 1.92. The van der Waals surface area contributed by atoms with Crippen LogP contribution < -0.4 is 5.32 Å². The molecule has 0 aromatic carbocycles. The highest BCUT2D eigenvalue weighted by molar-refractivity contribution is 4.98. The summed E-state index contributed by atoms with van der Waals surface area (Å²) in [5, 5.41) is 3.72. The maximum atomic E-state index is 3.72. The first-order valence-corrected chi connectivity index (χ1v) is 5.06. The minimum Gasteiger partial charge on any atom is -0.311 e. The van der Waals surface area contributed by atoms with Crippen LogP contribution in [0.1, 0.15) is 45.4 Å². The average molecular weight is 153 g/mol. The summed E-state index contributed by atoms with van der Waals surface area (Å²) >= 11 is 0. The second kappa shape index (κ2) is 2.78. The Labute approximate surface area is 69.6 Å². The van der Waals surface area contributed by atoms with Crippen molar-refractivity contribution in [2.75, 3.05) is 6.54 Å². The maximum Gasteiger partial charge on any atom is 0.0181 e. The first kappa shape index (κ1) is 7.60. The Hall–Kier alpha value is -0.0400. The fraction of sp³-hybridized carbons (Fsp3) is 1.00. The van der Waals surface area contributed by atoms with E-state index in [1.54, 1.807) is 0 Å². The molecular formula is C10H19N. The molecule has 0 spiro atoms. The first-order chi connectivity index (χ1) is 5.31. The summed E-state index contributed by atoms with van der Waals surface area (Å²) in [5.74, 6) is 1.01. The minimum absolute atomic E-state index is 0.524. The van der Waals surface area contributed by atoms with E-state index in [-0.39, 0.29) is 0 Å². The molecule has 1 saturated heterocycles. The third kappa shape index (κ3) is 1.58. The van der Waals surface area contributed by atoms with Crippen molar-refractivity contribution in [1.29, 1.82) is 0 Å². The molecule has 0 radical (unpaired) electrons. The zero-order valence-electron chi connectivity index (χ0n) is 7.53. The van der Waals surface area contributed by atoms with Crippen LogP contribution in [0, 0.1) is 5.92 Å². The molecule has 1 N–H and O–H groups in total. The predicted octanol–water partition coefficient (Wildman–Crippen LogP) is 2.32. The lowest BCUT2D eigenvalue weighted by Crippen LogP contribution is -2.43. The molecule has 64 valence electrons. The molecule has 1 aliphatic heterocycles. The molecule has 0 aromatic heterocycles. The summed E-state index contributed by atoms with van der Waals surface area (Å²) < 4.78 is 0. The van der Waals surface area contributed by atoms with E-state index < -0.39 is 0 Å². The maximum absolute atomic E-state index is 3.72. The van der Waals surface area contributed by atoms with Gasteiger partial charge in [0.25, 0.3) is 0 Å². The second-order valence-electron chi connectivity index (χ2n) is 4.43. The van der Waals surface area contributed by atoms with Crippen molar-refractivity contribution in [1.82, 2.24) is 5.32 Å². The highest BCUT2D eigenvalue weighted by Gasteiger charge is 2.40. The van der Waals surface area contributed by atoms with Crippen molar-refractivity contribution in [2.24, 2.45) is 5.92 Å². The summed E-state index contributed by atoms with van der Waals surface area (Å²) in [6.07, 6.45) is 8.64. The summed E-state index contributed by atoms with van der Waals surface area (Å²) in [5.41, 5.74) is 0.524. The van der Waals surface area contributed by atoms with Gasteiger partial charge in [-0.1, -0.05) is 12.8 Å². The Morgan fingerprint density at radius 3 is 2.73 bits per heavy atom. The van der Waals surface area contributed by atoms with E-state index in [4.69, 9.17) is 0 Å².